The number of carbonyl (C=O) groups is 2. The van der Waals surface area contributed by atoms with Crippen LogP contribution in [-0.2, 0) is 31.2 Å². The maximum absolute atomic E-state index is 15.6. The number of aromatic nitrogens is 1. The van der Waals surface area contributed by atoms with Gasteiger partial charge in [0.25, 0.3) is 0 Å². The lowest BCUT2D eigenvalue weighted by Crippen LogP contribution is -2.56. The normalized spacial score (nSPS) is 24.4. The number of alkyl halides is 4. The van der Waals surface area contributed by atoms with Crippen molar-refractivity contribution in [1.82, 2.24) is 4.98 Å². The number of ether oxygens (including phenoxy) is 2. The second-order valence-electron chi connectivity index (χ2n) is 12.8. The first-order chi connectivity index (χ1) is 20.7. The molecule has 3 atom stereocenters. The SMILES string of the molecule is CC(C)(C)OC(=O)CC1=N[C@](C)(c2cc(CC(=O)c3ccc(OCC(F)(F)C(F)F)cn3)ccc2F)[C@@H]2CCN=[S@]2(=O)C1(C)C. The fraction of sp³-hybridized carbons (Fsp3) is 0.548. The smallest absolute Gasteiger partial charge is 0.340 e. The van der Waals surface area contributed by atoms with E-state index in [1.54, 1.807) is 41.5 Å². The molecule has 0 saturated carbocycles. The number of aliphatic imine (C=N–C) groups is 1. The molecule has 1 aromatic heterocycles. The summed E-state index contributed by atoms with van der Waals surface area (Å²) in [7, 11) is -3.04. The van der Waals surface area contributed by atoms with Crippen LogP contribution in [0.2, 0.25) is 0 Å². The highest BCUT2D eigenvalue weighted by Gasteiger charge is 2.57. The van der Waals surface area contributed by atoms with Crippen molar-refractivity contribution >= 4 is 27.2 Å². The maximum atomic E-state index is 15.6. The van der Waals surface area contributed by atoms with Crippen LogP contribution >= 0.6 is 0 Å². The minimum absolute atomic E-state index is 0.0604. The fourth-order valence-corrected chi connectivity index (χ4v) is 8.81. The number of ketones is 1. The van der Waals surface area contributed by atoms with Crippen LogP contribution in [0, 0.1) is 5.82 Å². The first-order valence-corrected chi connectivity index (χ1v) is 15.9. The summed E-state index contributed by atoms with van der Waals surface area (Å²) in [5.74, 6) is -6.28. The molecule has 2 aromatic rings. The summed E-state index contributed by atoms with van der Waals surface area (Å²) in [4.78, 5) is 34.7. The van der Waals surface area contributed by atoms with E-state index in [0.29, 0.717) is 12.0 Å². The third-order valence-electron chi connectivity index (χ3n) is 7.93. The van der Waals surface area contributed by atoms with Crippen molar-refractivity contribution in [2.24, 2.45) is 9.36 Å². The van der Waals surface area contributed by atoms with Crippen molar-refractivity contribution in [1.29, 1.82) is 0 Å². The molecule has 14 heteroatoms. The molecule has 0 amide bonds. The molecule has 45 heavy (non-hydrogen) atoms. The second kappa shape index (κ2) is 12.1. The molecule has 8 nitrogen and oxygen atoms in total. The molecule has 0 aliphatic carbocycles. The minimum Gasteiger partial charge on any atom is -0.485 e. The highest BCUT2D eigenvalue weighted by atomic mass is 32.2. The van der Waals surface area contributed by atoms with Crippen LogP contribution in [0.25, 0.3) is 0 Å². The summed E-state index contributed by atoms with van der Waals surface area (Å²) in [6.07, 6.45) is -3.04. The zero-order valence-corrected chi connectivity index (χ0v) is 26.7. The summed E-state index contributed by atoms with van der Waals surface area (Å²) in [5.41, 5.74) is -1.44. The zero-order valence-electron chi connectivity index (χ0n) is 25.8. The third kappa shape index (κ3) is 6.90. The number of carbonyl (C=O) groups excluding carboxylic acids is 2. The van der Waals surface area contributed by atoms with E-state index in [4.69, 9.17) is 9.73 Å². The van der Waals surface area contributed by atoms with Gasteiger partial charge in [-0.25, -0.2) is 26.7 Å². The molecule has 2 aliphatic heterocycles. The van der Waals surface area contributed by atoms with Gasteiger partial charge in [-0.3, -0.25) is 14.6 Å². The van der Waals surface area contributed by atoms with Gasteiger partial charge < -0.3 is 9.47 Å². The summed E-state index contributed by atoms with van der Waals surface area (Å²) in [5, 5.41) is -0.672. The average molecular weight is 658 g/mol. The van der Waals surface area contributed by atoms with Gasteiger partial charge in [-0.15, -0.1) is 0 Å². The Bertz CT molecular complexity index is 1630. The molecule has 1 aromatic carbocycles. The molecule has 3 heterocycles. The lowest BCUT2D eigenvalue weighted by molar-refractivity contribution is -0.153. The summed E-state index contributed by atoms with van der Waals surface area (Å²) < 4.78 is 94.8. The number of benzene rings is 1. The molecule has 246 valence electrons. The number of Topliss-reactive ketones (excluding diaryl/α,β-unsaturated/α-hetero) is 1. The van der Waals surface area contributed by atoms with Crippen LogP contribution in [0.4, 0.5) is 22.0 Å². The van der Waals surface area contributed by atoms with Crippen LogP contribution in [0.15, 0.2) is 45.9 Å². The molecule has 0 bridgehead atoms. The Labute approximate surface area is 259 Å². The van der Waals surface area contributed by atoms with Gasteiger partial charge in [0.05, 0.1) is 32.3 Å². The van der Waals surface area contributed by atoms with Crippen molar-refractivity contribution in [3.05, 3.63) is 59.2 Å². The number of esters is 1. The van der Waals surface area contributed by atoms with E-state index in [2.05, 4.69) is 14.1 Å². The molecule has 0 radical (unpaired) electrons. The van der Waals surface area contributed by atoms with Crippen molar-refractivity contribution in [2.45, 2.75) is 94.3 Å². The summed E-state index contributed by atoms with van der Waals surface area (Å²) in [6.45, 7) is 9.00. The highest BCUT2D eigenvalue weighted by Crippen LogP contribution is 2.49. The van der Waals surface area contributed by atoms with E-state index in [1.807, 2.05) is 0 Å². The Morgan fingerprint density at radius 3 is 2.38 bits per heavy atom. The van der Waals surface area contributed by atoms with Crippen molar-refractivity contribution in [3.8, 4) is 5.75 Å². The number of hydrogen-bond acceptors (Lipinski definition) is 8. The van der Waals surface area contributed by atoms with E-state index in [1.165, 1.54) is 24.3 Å². The van der Waals surface area contributed by atoms with Crippen LogP contribution in [0.5, 0.6) is 5.75 Å². The number of hydrogen-bond donors (Lipinski definition) is 0. The van der Waals surface area contributed by atoms with Gasteiger partial charge in [-0.1, -0.05) is 6.07 Å². The van der Waals surface area contributed by atoms with Gasteiger partial charge in [-0.2, -0.15) is 8.78 Å². The monoisotopic (exact) mass is 657 g/mol. The molecule has 4 rings (SSSR count). The van der Waals surface area contributed by atoms with Gasteiger partial charge in [0.2, 0.25) is 0 Å². The van der Waals surface area contributed by atoms with Crippen molar-refractivity contribution in [3.63, 3.8) is 0 Å². The molecule has 0 fully saturated rings. The van der Waals surface area contributed by atoms with E-state index < -0.39 is 67.4 Å². The Morgan fingerprint density at radius 2 is 1.78 bits per heavy atom. The van der Waals surface area contributed by atoms with Crippen molar-refractivity contribution in [2.75, 3.05) is 13.2 Å². The summed E-state index contributed by atoms with van der Waals surface area (Å²) >= 11 is 0. The molecule has 0 saturated heterocycles. The number of halogens is 5. The Kier molecular flexibility index (Phi) is 9.24. The Morgan fingerprint density at radius 1 is 1.09 bits per heavy atom. The average Bonchev–Trinajstić information content (AvgIpc) is 3.35. The maximum Gasteiger partial charge on any atom is 0.340 e. The van der Waals surface area contributed by atoms with Gasteiger partial charge in [0.1, 0.15) is 28.4 Å². The quantitative estimate of drug-likeness (QED) is 0.168. The van der Waals surface area contributed by atoms with E-state index in [-0.39, 0.29) is 42.1 Å². The van der Waals surface area contributed by atoms with E-state index >= 15 is 4.39 Å². The minimum atomic E-state index is -4.35. The molecular weight excluding hydrogens is 621 g/mol. The van der Waals surface area contributed by atoms with Gasteiger partial charge in [0, 0.05) is 24.2 Å². The second-order valence-corrected chi connectivity index (χ2v) is 15.8. The molecule has 0 N–H and O–H groups in total. The van der Waals surface area contributed by atoms with Crippen LogP contribution in [0.3, 0.4) is 0 Å². The number of pyridine rings is 1. The number of fused-ring (bicyclic) bond motifs is 1. The standard InChI is InChI=1S/C31H36F5N3O5S/c1-28(2,3)44-26(41)15-24-29(4,5)45(42)25(11-12-38-45)30(6,39-24)20-13-18(7-9-21(20)32)14-23(40)22-10-8-19(16-37-22)43-17-31(35,36)27(33)34/h7-10,13,16,25,27H,11-12,14-15,17H2,1-6H3/t25-,30+,45+/m0/s1. The predicted octanol–water partition coefficient (Wildman–Crippen LogP) is 6.35. The van der Waals surface area contributed by atoms with E-state index in [9.17, 15) is 31.4 Å². The Balaban J connectivity index is 1.63. The predicted molar refractivity (Wildman–Crippen MR) is 158 cm³/mol. The van der Waals surface area contributed by atoms with Gasteiger partial charge in [-0.05, 0) is 77.8 Å². The van der Waals surface area contributed by atoms with Gasteiger partial charge in [0.15, 0.2) is 12.4 Å². The topological polar surface area (TPSA) is 107 Å². The molecule has 0 spiro atoms. The first-order valence-electron chi connectivity index (χ1n) is 14.3. The number of rotatable bonds is 10. The number of nitrogens with zero attached hydrogens (tertiary/aromatic N) is 3. The van der Waals surface area contributed by atoms with E-state index in [0.717, 1.165) is 12.3 Å². The van der Waals surface area contributed by atoms with Crippen LogP contribution in [0.1, 0.15) is 76.0 Å². The molecular formula is C31H36F5N3O5S. The fourth-order valence-electron chi connectivity index (χ4n) is 5.54. The lowest BCUT2D eigenvalue weighted by Gasteiger charge is -2.46. The summed E-state index contributed by atoms with van der Waals surface area (Å²) in [6, 6.07) is 6.44. The Hall–Kier alpha value is -3.42. The van der Waals surface area contributed by atoms with Crippen LogP contribution < -0.4 is 4.74 Å². The van der Waals surface area contributed by atoms with Crippen molar-refractivity contribution < 1.29 is 45.2 Å². The molecule has 2 aliphatic rings. The van der Waals surface area contributed by atoms with Gasteiger partial charge >= 0.3 is 18.3 Å². The molecule has 0 unspecified atom stereocenters. The first kappa shape index (κ1) is 34.5. The highest BCUT2D eigenvalue weighted by molar-refractivity contribution is 7.96. The lowest BCUT2D eigenvalue weighted by atomic mass is 9.84. The van der Waals surface area contributed by atoms with Crippen LogP contribution in [-0.4, -0.2) is 67.8 Å². The largest absolute Gasteiger partial charge is 0.485 e. The zero-order chi connectivity index (χ0) is 33.6. The third-order valence-corrected chi connectivity index (χ3v) is 11.7.